The Morgan fingerprint density at radius 3 is 2.55 bits per heavy atom. The van der Waals surface area contributed by atoms with Crippen molar-refractivity contribution in [3.63, 3.8) is 0 Å². The summed E-state index contributed by atoms with van der Waals surface area (Å²) in [6.07, 6.45) is 5.76. The number of rotatable bonds is 12. The van der Waals surface area contributed by atoms with Gasteiger partial charge in [0.2, 0.25) is 0 Å². The molecule has 0 spiro atoms. The van der Waals surface area contributed by atoms with Crippen LogP contribution in [-0.2, 0) is 24.1 Å². The highest BCUT2D eigenvalue weighted by Crippen LogP contribution is 2.40. The fraction of sp³-hybridized carbons (Fsp3) is 0.471. The first kappa shape index (κ1) is 28.3. The van der Waals surface area contributed by atoms with Gasteiger partial charge in [-0.3, -0.25) is 0 Å². The van der Waals surface area contributed by atoms with E-state index in [1.807, 2.05) is 12.1 Å². The molecule has 2 atom stereocenters. The first-order valence-corrected chi connectivity index (χ1v) is 14.8. The molecule has 0 radical (unpaired) electrons. The van der Waals surface area contributed by atoms with Crippen LogP contribution >= 0.6 is 0 Å². The second-order valence-corrected chi connectivity index (χ2v) is 11.2. The van der Waals surface area contributed by atoms with E-state index < -0.39 is 0 Å². The van der Waals surface area contributed by atoms with Crippen molar-refractivity contribution in [3.8, 4) is 17.2 Å². The van der Waals surface area contributed by atoms with Gasteiger partial charge in [0.1, 0.15) is 23.9 Å². The van der Waals surface area contributed by atoms with Gasteiger partial charge in [0, 0.05) is 44.5 Å². The topological polar surface area (TPSA) is 54.4 Å². The maximum atomic E-state index is 9.91. The summed E-state index contributed by atoms with van der Waals surface area (Å²) in [5, 5.41) is 9.91. The number of aromatic hydroxyl groups is 1. The zero-order valence-corrected chi connectivity index (χ0v) is 24.3. The summed E-state index contributed by atoms with van der Waals surface area (Å²) < 4.78 is 17.4. The molecule has 3 aromatic rings. The second-order valence-electron chi connectivity index (χ2n) is 11.2. The highest BCUT2D eigenvalue weighted by molar-refractivity contribution is 5.60. The lowest BCUT2D eigenvalue weighted by atomic mass is 9.79. The monoisotopic (exact) mass is 544 g/mol. The van der Waals surface area contributed by atoms with Crippen molar-refractivity contribution in [3.05, 3.63) is 82.9 Å². The van der Waals surface area contributed by atoms with Gasteiger partial charge in [0.25, 0.3) is 0 Å². The molecule has 1 heterocycles. The van der Waals surface area contributed by atoms with Gasteiger partial charge in [-0.05, 0) is 105 Å². The molecule has 1 aliphatic carbocycles. The predicted octanol–water partition coefficient (Wildman–Crippen LogP) is 6.19. The summed E-state index contributed by atoms with van der Waals surface area (Å²) >= 11 is 0. The number of hydrogen-bond donors (Lipinski definition) is 1. The number of anilines is 1. The summed E-state index contributed by atoms with van der Waals surface area (Å²) in [6, 6.07) is 20.9. The highest BCUT2D eigenvalue weighted by Gasteiger charge is 2.25. The van der Waals surface area contributed by atoms with E-state index in [1.165, 1.54) is 40.8 Å². The number of fused-ring (bicyclic) bond motifs is 1. The molecule has 0 aromatic heterocycles. The van der Waals surface area contributed by atoms with E-state index >= 15 is 0 Å². The van der Waals surface area contributed by atoms with Gasteiger partial charge in [-0.1, -0.05) is 24.3 Å². The minimum absolute atomic E-state index is 0.359. The number of nitrogens with zero attached hydrogens (tertiary/aromatic N) is 2. The Morgan fingerprint density at radius 2 is 1.80 bits per heavy atom. The minimum atomic E-state index is 0.359. The lowest BCUT2D eigenvalue weighted by molar-refractivity contribution is 0.0771. The molecule has 6 nitrogen and oxygen atoms in total. The van der Waals surface area contributed by atoms with Gasteiger partial charge < -0.3 is 29.1 Å². The molecule has 214 valence electrons. The van der Waals surface area contributed by atoms with Crippen molar-refractivity contribution in [2.45, 2.75) is 57.6 Å². The van der Waals surface area contributed by atoms with Crippen molar-refractivity contribution in [1.82, 2.24) is 4.90 Å². The third-order valence-corrected chi connectivity index (χ3v) is 8.40. The number of hydrogen-bond acceptors (Lipinski definition) is 6. The zero-order valence-electron chi connectivity index (χ0n) is 24.3. The normalized spacial score (nSPS) is 18.5. The van der Waals surface area contributed by atoms with E-state index in [0.717, 1.165) is 63.5 Å². The van der Waals surface area contributed by atoms with E-state index in [9.17, 15) is 5.11 Å². The summed E-state index contributed by atoms with van der Waals surface area (Å²) in [5.41, 5.74) is 6.48. The van der Waals surface area contributed by atoms with Crippen LogP contribution in [0.25, 0.3) is 0 Å². The predicted molar refractivity (Wildman–Crippen MR) is 161 cm³/mol. The van der Waals surface area contributed by atoms with Crippen molar-refractivity contribution < 1.29 is 19.3 Å². The SMILES string of the molecule is CCN(Cc1ccc(OCCN(C)C[C@H]2CCCO2)cc1)c1cc(OC)ccc1[C@@H]1CCc2cc(O)ccc2C1. The molecule has 1 fully saturated rings. The molecule has 0 amide bonds. The molecule has 0 saturated carbocycles. The molecule has 2 aliphatic rings. The maximum Gasteiger partial charge on any atom is 0.120 e. The number of benzene rings is 3. The Bertz CT molecular complexity index is 1240. The molecule has 0 unspecified atom stereocenters. The van der Waals surface area contributed by atoms with Gasteiger partial charge in [-0.25, -0.2) is 0 Å². The third kappa shape index (κ3) is 7.10. The number of methoxy groups -OCH3 is 1. The number of aryl methyl sites for hydroxylation is 1. The summed E-state index contributed by atoms with van der Waals surface area (Å²) in [6.45, 7) is 7.35. The standard InChI is InChI=1S/C34H44N2O4/c1-4-36(23-25-7-13-30(14-8-25)40-19-17-35(2)24-32-6-5-18-39-32)34-22-31(38-3)15-16-33(34)28-10-9-27-21-29(37)12-11-26(27)20-28/h7-8,11-16,21-22,28,32,37H,4-6,9-10,17-20,23-24H2,1-3H3/t28-,32-/m1/s1. The van der Waals surface area contributed by atoms with E-state index in [1.54, 1.807) is 7.11 Å². The first-order chi connectivity index (χ1) is 19.5. The zero-order chi connectivity index (χ0) is 27.9. The van der Waals surface area contributed by atoms with Crippen LogP contribution in [0.2, 0.25) is 0 Å². The van der Waals surface area contributed by atoms with Crippen molar-refractivity contribution in [2.24, 2.45) is 0 Å². The Hall–Kier alpha value is -3.22. The smallest absolute Gasteiger partial charge is 0.120 e. The van der Waals surface area contributed by atoms with Crippen molar-refractivity contribution >= 4 is 5.69 Å². The largest absolute Gasteiger partial charge is 0.508 e. The maximum absolute atomic E-state index is 9.91. The molecule has 40 heavy (non-hydrogen) atoms. The van der Waals surface area contributed by atoms with Gasteiger partial charge in [-0.15, -0.1) is 0 Å². The van der Waals surface area contributed by atoms with Gasteiger partial charge in [0.05, 0.1) is 13.2 Å². The number of likely N-dealkylation sites (N-methyl/N-ethyl adjacent to an activating group) is 1. The lowest BCUT2D eigenvalue weighted by Crippen LogP contribution is -2.32. The summed E-state index contributed by atoms with van der Waals surface area (Å²) in [4.78, 5) is 4.74. The molecular formula is C34H44N2O4. The lowest BCUT2D eigenvalue weighted by Gasteiger charge is -2.32. The van der Waals surface area contributed by atoms with E-state index in [4.69, 9.17) is 14.2 Å². The molecular weight excluding hydrogens is 500 g/mol. The average molecular weight is 545 g/mol. The van der Waals surface area contributed by atoms with Crippen molar-refractivity contribution in [1.29, 1.82) is 0 Å². The van der Waals surface area contributed by atoms with Crippen molar-refractivity contribution in [2.75, 3.05) is 51.9 Å². The summed E-state index contributed by atoms with van der Waals surface area (Å²) in [5.74, 6) is 2.58. The first-order valence-electron chi connectivity index (χ1n) is 14.8. The van der Waals surface area contributed by atoms with E-state index in [-0.39, 0.29) is 0 Å². The number of ether oxygens (including phenoxy) is 3. The Kier molecular flexibility index (Phi) is 9.50. The minimum Gasteiger partial charge on any atom is -0.508 e. The third-order valence-electron chi connectivity index (χ3n) is 8.40. The van der Waals surface area contributed by atoms with Gasteiger partial charge >= 0.3 is 0 Å². The fourth-order valence-corrected chi connectivity index (χ4v) is 6.10. The van der Waals surface area contributed by atoms with Gasteiger partial charge in [-0.2, -0.15) is 0 Å². The molecule has 1 saturated heterocycles. The van der Waals surface area contributed by atoms with Crippen LogP contribution in [0.3, 0.4) is 0 Å². The van der Waals surface area contributed by atoms with Crippen LogP contribution in [0, 0.1) is 0 Å². The number of phenolic OH excluding ortho intramolecular Hbond substituents is 1. The molecule has 3 aromatic carbocycles. The molecule has 1 aliphatic heterocycles. The highest BCUT2D eigenvalue weighted by atomic mass is 16.5. The van der Waals surface area contributed by atoms with Gasteiger partial charge in [0.15, 0.2) is 0 Å². The Balaban J connectivity index is 1.23. The molecule has 0 bridgehead atoms. The fourth-order valence-electron chi connectivity index (χ4n) is 6.10. The Morgan fingerprint density at radius 1 is 0.975 bits per heavy atom. The second kappa shape index (κ2) is 13.4. The number of phenols is 1. The molecule has 6 heteroatoms. The molecule has 1 N–H and O–H groups in total. The van der Waals surface area contributed by atoms with E-state index in [2.05, 4.69) is 72.3 Å². The van der Waals surface area contributed by atoms with Crippen LogP contribution in [0.5, 0.6) is 17.2 Å². The van der Waals surface area contributed by atoms with Crippen LogP contribution < -0.4 is 14.4 Å². The van der Waals surface area contributed by atoms with Crippen LogP contribution in [0.1, 0.15) is 54.4 Å². The summed E-state index contributed by atoms with van der Waals surface area (Å²) in [7, 11) is 3.87. The average Bonchev–Trinajstić information content (AvgIpc) is 3.49. The Labute approximate surface area is 239 Å². The quantitative estimate of drug-likeness (QED) is 0.294. The van der Waals surface area contributed by atoms with Crippen LogP contribution in [0.4, 0.5) is 5.69 Å². The van der Waals surface area contributed by atoms with E-state index in [0.29, 0.717) is 24.4 Å². The van der Waals surface area contributed by atoms with Crippen LogP contribution in [-0.4, -0.2) is 63.1 Å². The van der Waals surface area contributed by atoms with Crippen LogP contribution in [0.15, 0.2) is 60.7 Å². The molecule has 5 rings (SSSR count).